The van der Waals surface area contributed by atoms with E-state index in [-0.39, 0.29) is 11.7 Å². The Balaban J connectivity index is 1.37. The van der Waals surface area contributed by atoms with Crippen molar-refractivity contribution in [1.29, 1.82) is 0 Å². The number of halogens is 2. The van der Waals surface area contributed by atoms with Crippen molar-refractivity contribution in [2.24, 2.45) is 0 Å². The highest BCUT2D eigenvalue weighted by molar-refractivity contribution is 7.99. The number of thioether (sulfide) groups is 1. The number of hydrogen-bond acceptors (Lipinski definition) is 7. The van der Waals surface area contributed by atoms with Crippen molar-refractivity contribution in [2.45, 2.75) is 18.1 Å². The Morgan fingerprint density at radius 1 is 1.17 bits per heavy atom. The zero-order valence-electron chi connectivity index (χ0n) is 16.1. The molecule has 0 aliphatic carbocycles. The quantitative estimate of drug-likeness (QED) is 0.326. The van der Waals surface area contributed by atoms with Gasteiger partial charge in [-0.3, -0.25) is 4.79 Å². The normalized spacial score (nSPS) is 10.6. The van der Waals surface area contributed by atoms with Gasteiger partial charge in [0.25, 0.3) is 5.22 Å². The summed E-state index contributed by atoms with van der Waals surface area (Å²) in [7, 11) is 1.59. The highest BCUT2D eigenvalue weighted by Crippen LogP contribution is 2.27. The maximum Gasteiger partial charge on any atom is 0.277 e. The van der Waals surface area contributed by atoms with Crippen LogP contribution in [0.5, 0.6) is 11.5 Å². The van der Waals surface area contributed by atoms with Gasteiger partial charge in [0.1, 0.15) is 11.5 Å². The Morgan fingerprint density at radius 2 is 1.97 bits per heavy atom. The van der Waals surface area contributed by atoms with Gasteiger partial charge in [0, 0.05) is 17.1 Å². The first-order valence-electron chi connectivity index (χ1n) is 9.00. The van der Waals surface area contributed by atoms with Gasteiger partial charge in [0.2, 0.25) is 11.8 Å². The first-order chi connectivity index (χ1) is 14.5. The number of hydrogen-bond donors (Lipinski definition) is 1. The third-order valence-electron chi connectivity index (χ3n) is 3.84. The second kappa shape index (κ2) is 11.1. The van der Waals surface area contributed by atoms with Crippen molar-refractivity contribution in [3.05, 3.63) is 58.4 Å². The molecule has 10 heteroatoms. The van der Waals surface area contributed by atoms with E-state index in [1.165, 1.54) is 11.8 Å². The first-order valence-corrected chi connectivity index (χ1v) is 10.7. The van der Waals surface area contributed by atoms with E-state index in [2.05, 4.69) is 15.5 Å². The number of benzene rings is 2. The number of amides is 1. The number of aromatic nitrogens is 2. The van der Waals surface area contributed by atoms with Crippen LogP contribution in [0.25, 0.3) is 0 Å². The SMILES string of the molecule is COc1ccc(NC(=O)CSc2nnc(CCCOc3ccc(Cl)cc3Cl)o2)cc1. The molecule has 1 amide bonds. The van der Waals surface area contributed by atoms with Gasteiger partial charge in [-0.05, 0) is 48.9 Å². The zero-order valence-corrected chi connectivity index (χ0v) is 18.4. The van der Waals surface area contributed by atoms with Gasteiger partial charge in [-0.2, -0.15) is 0 Å². The molecule has 0 atom stereocenters. The maximum atomic E-state index is 12.1. The standard InChI is InChI=1S/C20H19Cl2N3O4S/c1-27-15-7-5-14(6-8-15)23-18(26)12-30-20-25-24-19(29-20)3-2-10-28-17-9-4-13(21)11-16(17)22/h4-9,11H,2-3,10,12H2,1H3,(H,23,26). The summed E-state index contributed by atoms with van der Waals surface area (Å²) in [6.07, 6.45) is 1.22. The molecule has 0 fully saturated rings. The van der Waals surface area contributed by atoms with Crippen molar-refractivity contribution in [2.75, 3.05) is 24.8 Å². The Kier molecular flexibility index (Phi) is 8.24. The molecule has 3 aromatic rings. The maximum absolute atomic E-state index is 12.1. The van der Waals surface area contributed by atoms with Crippen LogP contribution in [0.15, 0.2) is 52.1 Å². The van der Waals surface area contributed by atoms with Crippen molar-refractivity contribution in [3.63, 3.8) is 0 Å². The lowest BCUT2D eigenvalue weighted by molar-refractivity contribution is -0.113. The van der Waals surface area contributed by atoms with Crippen LogP contribution in [-0.4, -0.2) is 35.6 Å². The monoisotopic (exact) mass is 467 g/mol. The fraction of sp³-hybridized carbons (Fsp3) is 0.250. The number of nitrogens with zero attached hydrogens (tertiary/aromatic N) is 2. The molecule has 3 rings (SSSR count). The topological polar surface area (TPSA) is 86.5 Å². The van der Waals surface area contributed by atoms with Gasteiger partial charge in [0.15, 0.2) is 0 Å². The van der Waals surface area contributed by atoms with Gasteiger partial charge in [-0.25, -0.2) is 0 Å². The van der Waals surface area contributed by atoms with Gasteiger partial charge < -0.3 is 19.2 Å². The van der Waals surface area contributed by atoms with Gasteiger partial charge in [0.05, 0.1) is 24.5 Å². The van der Waals surface area contributed by atoms with E-state index in [4.69, 9.17) is 37.1 Å². The lowest BCUT2D eigenvalue weighted by Crippen LogP contribution is -2.13. The molecule has 0 saturated heterocycles. The molecule has 1 N–H and O–H groups in total. The highest BCUT2D eigenvalue weighted by Gasteiger charge is 2.10. The van der Waals surface area contributed by atoms with E-state index in [0.29, 0.717) is 52.0 Å². The molecule has 0 saturated carbocycles. The fourth-order valence-corrected chi connectivity index (χ4v) is 3.44. The molecule has 7 nitrogen and oxygen atoms in total. The summed E-state index contributed by atoms with van der Waals surface area (Å²) in [5.74, 6) is 1.77. The van der Waals surface area contributed by atoms with E-state index in [0.717, 1.165) is 5.75 Å². The van der Waals surface area contributed by atoms with E-state index in [1.807, 2.05) is 0 Å². The minimum Gasteiger partial charge on any atom is -0.497 e. The lowest BCUT2D eigenvalue weighted by Gasteiger charge is -2.07. The van der Waals surface area contributed by atoms with Crippen LogP contribution in [0.3, 0.4) is 0 Å². The first kappa shape index (κ1) is 22.3. The molecular formula is C20H19Cl2N3O4S. The Bertz CT molecular complexity index is 982. The van der Waals surface area contributed by atoms with E-state index < -0.39 is 0 Å². The Morgan fingerprint density at radius 3 is 2.70 bits per heavy atom. The Labute approximate surface area is 188 Å². The number of ether oxygens (including phenoxy) is 2. The number of aryl methyl sites for hydroxylation is 1. The van der Waals surface area contributed by atoms with Crippen molar-refractivity contribution in [1.82, 2.24) is 10.2 Å². The van der Waals surface area contributed by atoms with Crippen molar-refractivity contribution >= 4 is 46.6 Å². The van der Waals surface area contributed by atoms with Crippen molar-refractivity contribution < 1.29 is 18.7 Å². The van der Waals surface area contributed by atoms with E-state index in [1.54, 1.807) is 49.6 Å². The third kappa shape index (κ3) is 6.83. The van der Waals surface area contributed by atoms with E-state index in [9.17, 15) is 4.79 Å². The molecule has 2 aromatic carbocycles. The average molecular weight is 468 g/mol. The van der Waals surface area contributed by atoms with Crippen molar-refractivity contribution in [3.8, 4) is 11.5 Å². The van der Waals surface area contributed by atoms with E-state index >= 15 is 0 Å². The van der Waals surface area contributed by atoms with Crippen LogP contribution in [0.4, 0.5) is 5.69 Å². The van der Waals surface area contributed by atoms with Crippen LogP contribution < -0.4 is 14.8 Å². The summed E-state index contributed by atoms with van der Waals surface area (Å²) in [6, 6.07) is 12.2. The highest BCUT2D eigenvalue weighted by atomic mass is 35.5. The molecule has 0 radical (unpaired) electrons. The number of methoxy groups -OCH3 is 1. The van der Waals surface area contributed by atoms with Gasteiger partial charge >= 0.3 is 0 Å². The smallest absolute Gasteiger partial charge is 0.277 e. The molecule has 30 heavy (non-hydrogen) atoms. The second-order valence-electron chi connectivity index (χ2n) is 6.05. The number of anilines is 1. The number of carbonyl (C=O) groups is 1. The summed E-state index contributed by atoms with van der Waals surface area (Å²) >= 11 is 13.1. The van der Waals surface area contributed by atoms with Crippen LogP contribution in [-0.2, 0) is 11.2 Å². The van der Waals surface area contributed by atoms with Gasteiger partial charge in [-0.15, -0.1) is 10.2 Å². The largest absolute Gasteiger partial charge is 0.497 e. The minimum absolute atomic E-state index is 0.159. The zero-order chi connectivity index (χ0) is 21.3. The summed E-state index contributed by atoms with van der Waals surface area (Å²) in [6.45, 7) is 0.441. The number of carbonyl (C=O) groups excluding carboxylic acids is 1. The summed E-state index contributed by atoms with van der Waals surface area (Å²) < 4.78 is 16.3. The molecule has 0 spiro atoms. The predicted molar refractivity (Wildman–Crippen MR) is 117 cm³/mol. The lowest BCUT2D eigenvalue weighted by atomic mass is 10.3. The predicted octanol–water partition coefficient (Wildman–Crippen LogP) is 5.13. The summed E-state index contributed by atoms with van der Waals surface area (Å²) in [4.78, 5) is 12.1. The molecule has 1 aromatic heterocycles. The molecule has 1 heterocycles. The van der Waals surface area contributed by atoms with Crippen LogP contribution in [0.2, 0.25) is 10.0 Å². The van der Waals surface area contributed by atoms with Crippen LogP contribution in [0.1, 0.15) is 12.3 Å². The molecule has 158 valence electrons. The summed E-state index contributed by atoms with van der Waals surface area (Å²) in [5.41, 5.74) is 0.688. The number of nitrogens with one attached hydrogen (secondary N) is 1. The van der Waals surface area contributed by atoms with Crippen LogP contribution >= 0.6 is 35.0 Å². The average Bonchev–Trinajstić information content (AvgIpc) is 3.19. The second-order valence-corrected chi connectivity index (χ2v) is 7.82. The Hall–Kier alpha value is -2.42. The summed E-state index contributed by atoms with van der Waals surface area (Å²) in [5, 5.41) is 12.1. The molecule has 0 aliphatic rings. The molecule has 0 bridgehead atoms. The third-order valence-corrected chi connectivity index (χ3v) is 5.18. The molecule has 0 aliphatic heterocycles. The number of rotatable bonds is 10. The molecular weight excluding hydrogens is 449 g/mol. The minimum atomic E-state index is -0.168. The fourth-order valence-electron chi connectivity index (χ4n) is 2.39. The van der Waals surface area contributed by atoms with Crippen LogP contribution in [0, 0.1) is 0 Å². The van der Waals surface area contributed by atoms with Gasteiger partial charge in [-0.1, -0.05) is 35.0 Å². The molecule has 0 unspecified atom stereocenters.